The predicted octanol–water partition coefficient (Wildman–Crippen LogP) is 17.2. The Hall–Kier alpha value is -12.7. The topological polar surface area (TPSA) is 200 Å². The van der Waals surface area contributed by atoms with Crippen LogP contribution in [0.3, 0.4) is 0 Å². The van der Waals surface area contributed by atoms with Gasteiger partial charge in [-0.2, -0.15) is 68.4 Å². The van der Waals surface area contributed by atoms with E-state index in [0.717, 1.165) is 30.3 Å². The van der Waals surface area contributed by atoms with Crippen molar-refractivity contribution in [3.8, 4) is 116 Å². The van der Waals surface area contributed by atoms with Crippen molar-refractivity contribution in [1.29, 1.82) is 42.1 Å². The Bertz CT molecular complexity index is 4640. The van der Waals surface area contributed by atoms with Gasteiger partial charge in [0.1, 0.15) is 0 Å². The number of halogens is 6. The van der Waals surface area contributed by atoms with Crippen LogP contribution in [0, 0.1) is 90.6 Å². The summed E-state index contributed by atoms with van der Waals surface area (Å²) in [7, 11) is 0. The summed E-state index contributed by atoms with van der Waals surface area (Å²) < 4.78 is 97.8. The number of aromatic nitrogens is 2. The fraction of sp³-hybridized carbons (Fsp3) is 0.0286. The van der Waals surface area contributed by atoms with Crippen LogP contribution >= 0.6 is 0 Å². The lowest BCUT2D eigenvalue weighted by Gasteiger charge is -2.23. The van der Waals surface area contributed by atoms with Crippen LogP contribution < -0.4 is 0 Å². The normalized spacial score (nSPS) is 11.3. The summed E-state index contributed by atoms with van der Waals surface area (Å²) in [6, 6.07) is 60.6. The minimum atomic E-state index is -5.16. The Balaban J connectivity index is 1.30. The molecule has 12 rings (SSSR count). The second-order valence-corrected chi connectivity index (χ2v) is 20.2. The van der Waals surface area contributed by atoms with Gasteiger partial charge in [0.2, 0.25) is 0 Å². The monoisotopic (exact) mass is 1120 g/mol. The van der Waals surface area contributed by atoms with E-state index in [0.29, 0.717) is 66.1 Å². The van der Waals surface area contributed by atoms with Crippen molar-refractivity contribution < 1.29 is 26.3 Å². The Kier molecular flexibility index (Phi) is 13.0. The SMILES string of the molecule is N#Cc1cc(C#N)cc(-c2ccc3c4ccc(-c5cc(C#N)cc(C#N)c5)cc4n(-c4cc(C(F)(F)F)cc(-n5c6cc(-c7cc(C#N)cc(C#N)c7)ccc6c6ccc(-c7cc(C#N)cc(C#N)c7)cc65)c4-c4cccc(C(F)(F)F)c4)c3c2)c1. The third kappa shape index (κ3) is 9.43. The number of alkyl halides is 6. The van der Waals surface area contributed by atoms with Gasteiger partial charge in [0, 0.05) is 27.1 Å². The molecule has 0 saturated carbocycles. The van der Waals surface area contributed by atoms with E-state index in [1.165, 1.54) is 39.5 Å². The molecule has 10 aromatic carbocycles. The second-order valence-electron chi connectivity index (χ2n) is 20.2. The van der Waals surface area contributed by atoms with Crippen LogP contribution in [0.2, 0.25) is 0 Å². The lowest BCUT2D eigenvalue weighted by molar-refractivity contribution is -0.138. The lowest BCUT2D eigenvalue weighted by atomic mass is 9.95. The number of hydrogen-bond donors (Lipinski definition) is 0. The number of hydrogen-bond acceptors (Lipinski definition) is 8. The highest BCUT2D eigenvalue weighted by molar-refractivity contribution is 6.14. The lowest BCUT2D eigenvalue weighted by Crippen LogP contribution is -2.12. The molecule has 0 N–H and O–H groups in total. The van der Waals surface area contributed by atoms with E-state index in [1.54, 1.807) is 121 Å². The zero-order valence-corrected chi connectivity index (χ0v) is 44.1. The highest BCUT2D eigenvalue weighted by atomic mass is 19.4. The molecule has 0 atom stereocenters. The molecule has 0 aliphatic rings. The van der Waals surface area contributed by atoms with E-state index >= 15 is 26.3 Å². The van der Waals surface area contributed by atoms with Gasteiger partial charge in [0.05, 0.1) is 138 Å². The van der Waals surface area contributed by atoms with Crippen molar-refractivity contribution in [2.24, 2.45) is 0 Å². The maximum atomic E-state index is 16.4. The smallest absolute Gasteiger partial charge is 0.308 e. The molecule has 402 valence electrons. The van der Waals surface area contributed by atoms with Crippen molar-refractivity contribution in [2.75, 3.05) is 0 Å². The molecule has 0 fully saturated rings. The number of rotatable bonds is 7. The van der Waals surface area contributed by atoms with E-state index in [2.05, 4.69) is 48.6 Å². The molecule has 0 unspecified atom stereocenters. The summed E-state index contributed by atoms with van der Waals surface area (Å²) in [5.74, 6) is 0. The molecule has 0 radical (unpaired) electrons. The molecule has 2 aromatic heterocycles. The van der Waals surface area contributed by atoms with Crippen LogP contribution in [0.1, 0.15) is 55.6 Å². The number of benzene rings is 10. The first-order valence-electron chi connectivity index (χ1n) is 25.9. The average Bonchev–Trinajstić information content (AvgIpc) is 1.59. The van der Waals surface area contributed by atoms with Gasteiger partial charge < -0.3 is 9.13 Å². The maximum Gasteiger partial charge on any atom is 0.416 e. The van der Waals surface area contributed by atoms with Crippen LogP contribution in [0.4, 0.5) is 26.3 Å². The first kappa shape index (κ1) is 53.9. The maximum absolute atomic E-state index is 16.4. The molecule has 0 saturated heterocycles. The van der Waals surface area contributed by atoms with E-state index in [9.17, 15) is 42.1 Å². The quantitative estimate of drug-likeness (QED) is 0.140. The average molecular weight is 1130 g/mol. The molecule has 0 aliphatic carbocycles. The first-order valence-corrected chi connectivity index (χ1v) is 25.9. The summed E-state index contributed by atoms with van der Waals surface area (Å²) in [5.41, 5.74) is 2.04. The van der Waals surface area contributed by atoms with Crippen molar-refractivity contribution >= 4 is 43.6 Å². The Morgan fingerprint density at radius 2 is 0.523 bits per heavy atom. The van der Waals surface area contributed by atoms with Gasteiger partial charge in [0.25, 0.3) is 0 Å². The van der Waals surface area contributed by atoms with Crippen molar-refractivity contribution in [3.63, 3.8) is 0 Å². The Morgan fingerprint density at radius 1 is 0.256 bits per heavy atom. The predicted molar refractivity (Wildman–Crippen MR) is 310 cm³/mol. The van der Waals surface area contributed by atoms with Crippen molar-refractivity contribution in [2.45, 2.75) is 12.4 Å². The van der Waals surface area contributed by atoms with Gasteiger partial charge >= 0.3 is 12.4 Å². The second kappa shape index (κ2) is 20.7. The Morgan fingerprint density at radius 3 is 0.767 bits per heavy atom. The molecule has 12 aromatic rings. The largest absolute Gasteiger partial charge is 0.416 e. The molecule has 86 heavy (non-hydrogen) atoms. The third-order valence-electron chi connectivity index (χ3n) is 15.0. The van der Waals surface area contributed by atoms with Gasteiger partial charge in [-0.25, -0.2) is 0 Å². The minimum Gasteiger partial charge on any atom is -0.308 e. The van der Waals surface area contributed by atoms with Crippen molar-refractivity contribution in [3.05, 3.63) is 238 Å². The van der Waals surface area contributed by atoms with Gasteiger partial charge in [-0.05, 0) is 171 Å². The fourth-order valence-corrected chi connectivity index (χ4v) is 11.2. The summed E-state index contributed by atoms with van der Waals surface area (Å²) >= 11 is 0. The summed E-state index contributed by atoms with van der Waals surface area (Å²) in [4.78, 5) is 0. The summed E-state index contributed by atoms with van der Waals surface area (Å²) in [6.07, 6.45) is -10.1. The van der Waals surface area contributed by atoms with Gasteiger partial charge in [0.15, 0.2) is 0 Å². The van der Waals surface area contributed by atoms with Crippen LogP contribution in [0.25, 0.3) is 111 Å². The highest BCUT2D eigenvalue weighted by Gasteiger charge is 2.36. The minimum absolute atomic E-state index is 0.138. The molecule has 10 nitrogen and oxygen atoms in total. The van der Waals surface area contributed by atoms with Crippen molar-refractivity contribution in [1.82, 2.24) is 9.13 Å². The summed E-state index contributed by atoms with van der Waals surface area (Å²) in [6.45, 7) is 0. The molecule has 2 heterocycles. The van der Waals surface area contributed by atoms with Gasteiger partial charge in [-0.1, -0.05) is 60.7 Å². The molecular weight excluding hydrogens is 1090 g/mol. The number of nitriles is 8. The van der Waals surface area contributed by atoms with Gasteiger partial charge in [-0.3, -0.25) is 0 Å². The molecular formula is C70H30F6N10. The standard InChI is InChI=1S/C70H30F6N10/c71-69(72,73)56-3-1-2-51(24-56)68-66(85-62-25-47(52-16-39(31-77)12-40(17-52)32-78)4-8-58(62)59-9-5-48(26-63(59)85)53-18-41(33-79)13-42(19-53)34-80)29-57(70(74,75)76)30-67(68)86-64-27-49(54-20-43(35-81)14-44(21-54)36-82)6-10-60(64)61-11-7-50(28-65(61)86)55-22-45(37-83)15-46(23-55)38-84/h1-30H. The third-order valence-corrected chi connectivity index (χ3v) is 15.0. The molecule has 0 aliphatic heterocycles. The zero-order valence-electron chi connectivity index (χ0n) is 44.1. The van der Waals surface area contributed by atoms with Gasteiger partial charge in [-0.15, -0.1) is 0 Å². The number of nitrogens with zero attached hydrogens (tertiary/aromatic N) is 10. The molecule has 0 amide bonds. The molecule has 0 spiro atoms. The van der Waals surface area contributed by atoms with Crippen LogP contribution in [-0.4, -0.2) is 9.13 Å². The van der Waals surface area contributed by atoms with E-state index in [-0.39, 0.29) is 89.1 Å². The zero-order chi connectivity index (χ0) is 60.3. The molecule has 16 heteroatoms. The Labute approximate surface area is 484 Å². The van der Waals surface area contributed by atoms with Crippen LogP contribution in [-0.2, 0) is 12.4 Å². The van der Waals surface area contributed by atoms with Crippen LogP contribution in [0.5, 0.6) is 0 Å². The van der Waals surface area contributed by atoms with E-state index in [4.69, 9.17) is 0 Å². The summed E-state index contributed by atoms with van der Waals surface area (Å²) in [5, 5.41) is 82.1. The number of fused-ring (bicyclic) bond motifs is 6. The first-order chi connectivity index (χ1) is 41.4. The fourth-order valence-electron chi connectivity index (χ4n) is 11.2. The molecule has 0 bridgehead atoms. The van der Waals surface area contributed by atoms with E-state index < -0.39 is 23.5 Å². The van der Waals surface area contributed by atoms with E-state index in [1.807, 2.05) is 0 Å². The van der Waals surface area contributed by atoms with Crippen LogP contribution in [0.15, 0.2) is 182 Å². The highest BCUT2D eigenvalue weighted by Crippen LogP contribution is 2.48.